The standard InChI is InChI=1S/C28H35FN6O5/c1-19(2)40-24-17-20(29)5-7-22(24)35(28(36)37)26-9-10-30-27(32-26)31-21-6-8-23(25(18-21)38-4)39-16-15-34-13-11-33(3)12-14-34/h5-10,17-19H,11-16H2,1-4H3,(H,36,37)(H,30,31,32). The van der Waals surface area contributed by atoms with Gasteiger partial charge in [0, 0.05) is 62.8 Å². The highest BCUT2D eigenvalue weighted by atomic mass is 19.1. The molecule has 0 radical (unpaired) electrons. The summed E-state index contributed by atoms with van der Waals surface area (Å²) in [6.45, 7) is 9.04. The summed E-state index contributed by atoms with van der Waals surface area (Å²) in [5.74, 6) is 0.898. The first-order valence-corrected chi connectivity index (χ1v) is 13.0. The van der Waals surface area contributed by atoms with Gasteiger partial charge in [-0.2, -0.15) is 4.98 Å². The SMILES string of the molecule is COc1cc(Nc2nccc(N(C(=O)O)c3ccc(F)cc3OC(C)C)n2)ccc1OCCN1CCN(C)CC1. The number of ether oxygens (including phenoxy) is 3. The van der Waals surface area contributed by atoms with Gasteiger partial charge in [0.25, 0.3) is 0 Å². The lowest BCUT2D eigenvalue weighted by atomic mass is 10.2. The van der Waals surface area contributed by atoms with Crippen LogP contribution >= 0.6 is 0 Å². The second-order valence-electron chi connectivity index (χ2n) is 9.62. The van der Waals surface area contributed by atoms with E-state index in [1.54, 1.807) is 39.2 Å². The fraction of sp³-hybridized carbons (Fsp3) is 0.393. The highest BCUT2D eigenvalue weighted by Crippen LogP contribution is 2.35. The fourth-order valence-electron chi connectivity index (χ4n) is 4.23. The summed E-state index contributed by atoms with van der Waals surface area (Å²) in [5, 5.41) is 13.1. The van der Waals surface area contributed by atoms with Gasteiger partial charge in [-0.05, 0) is 45.2 Å². The summed E-state index contributed by atoms with van der Waals surface area (Å²) >= 11 is 0. The second kappa shape index (κ2) is 13.3. The molecule has 1 aliphatic rings. The number of carboxylic acid groups (broad SMARTS) is 1. The molecule has 1 aliphatic heterocycles. The number of anilines is 4. The van der Waals surface area contributed by atoms with Crippen LogP contribution in [0.1, 0.15) is 13.8 Å². The van der Waals surface area contributed by atoms with Crippen LogP contribution in [0.2, 0.25) is 0 Å². The Morgan fingerprint density at radius 1 is 1.10 bits per heavy atom. The van der Waals surface area contributed by atoms with Crippen molar-refractivity contribution in [1.82, 2.24) is 19.8 Å². The molecule has 0 spiro atoms. The van der Waals surface area contributed by atoms with Gasteiger partial charge in [-0.25, -0.2) is 19.1 Å². The number of nitrogens with zero attached hydrogens (tertiary/aromatic N) is 5. The molecule has 0 saturated carbocycles. The van der Waals surface area contributed by atoms with E-state index in [2.05, 4.69) is 32.1 Å². The third-order valence-corrected chi connectivity index (χ3v) is 6.27. The monoisotopic (exact) mass is 554 g/mol. The largest absolute Gasteiger partial charge is 0.493 e. The van der Waals surface area contributed by atoms with Gasteiger partial charge in [0.05, 0.1) is 18.9 Å². The number of hydrogen-bond acceptors (Lipinski definition) is 9. The predicted molar refractivity (Wildman–Crippen MR) is 150 cm³/mol. The van der Waals surface area contributed by atoms with Crippen LogP contribution < -0.4 is 24.4 Å². The molecule has 3 aromatic rings. The van der Waals surface area contributed by atoms with E-state index in [1.807, 2.05) is 0 Å². The van der Waals surface area contributed by atoms with E-state index in [-0.39, 0.29) is 29.3 Å². The van der Waals surface area contributed by atoms with E-state index in [4.69, 9.17) is 14.2 Å². The zero-order chi connectivity index (χ0) is 28.6. The molecule has 2 heterocycles. The van der Waals surface area contributed by atoms with Crippen molar-refractivity contribution in [3.05, 3.63) is 54.5 Å². The van der Waals surface area contributed by atoms with Gasteiger partial charge in [-0.1, -0.05) is 0 Å². The smallest absolute Gasteiger partial charge is 0.417 e. The lowest BCUT2D eigenvalue weighted by molar-refractivity contribution is 0.133. The van der Waals surface area contributed by atoms with Crippen molar-refractivity contribution in [1.29, 1.82) is 0 Å². The first-order chi connectivity index (χ1) is 19.2. The Balaban J connectivity index is 1.48. The summed E-state index contributed by atoms with van der Waals surface area (Å²) < 4.78 is 31.1. The maximum Gasteiger partial charge on any atom is 0.417 e. The fourth-order valence-corrected chi connectivity index (χ4v) is 4.23. The van der Waals surface area contributed by atoms with Crippen molar-refractivity contribution in [2.24, 2.45) is 0 Å². The van der Waals surface area contributed by atoms with E-state index >= 15 is 0 Å². The molecule has 0 bridgehead atoms. The summed E-state index contributed by atoms with van der Waals surface area (Å²) in [6.07, 6.45) is -0.183. The molecule has 2 N–H and O–H groups in total. The van der Waals surface area contributed by atoms with Crippen LogP contribution in [0.3, 0.4) is 0 Å². The van der Waals surface area contributed by atoms with Gasteiger partial charge in [-0.15, -0.1) is 0 Å². The number of nitrogens with one attached hydrogen (secondary N) is 1. The average molecular weight is 555 g/mol. The normalized spacial score (nSPS) is 14.2. The van der Waals surface area contributed by atoms with Crippen LogP contribution in [0.25, 0.3) is 0 Å². The van der Waals surface area contributed by atoms with Crippen LogP contribution in [0.5, 0.6) is 17.2 Å². The van der Waals surface area contributed by atoms with Gasteiger partial charge in [0.1, 0.15) is 24.0 Å². The molecule has 2 aromatic carbocycles. The maximum absolute atomic E-state index is 13.9. The van der Waals surface area contributed by atoms with Crippen molar-refractivity contribution in [3.63, 3.8) is 0 Å². The van der Waals surface area contributed by atoms with Gasteiger partial charge in [-0.3, -0.25) is 4.90 Å². The van der Waals surface area contributed by atoms with E-state index in [1.165, 1.54) is 24.4 Å². The van der Waals surface area contributed by atoms with Crippen LogP contribution in [0, 0.1) is 5.82 Å². The van der Waals surface area contributed by atoms with Crippen LogP contribution in [-0.4, -0.2) is 90.6 Å². The minimum atomic E-state index is -1.32. The van der Waals surface area contributed by atoms with Gasteiger partial charge < -0.3 is 29.5 Å². The number of rotatable bonds is 11. The number of methoxy groups -OCH3 is 1. The minimum Gasteiger partial charge on any atom is -0.493 e. The van der Waals surface area contributed by atoms with Crippen LogP contribution in [-0.2, 0) is 0 Å². The third kappa shape index (κ3) is 7.48. The summed E-state index contributed by atoms with van der Waals surface area (Å²) in [7, 11) is 3.69. The first-order valence-electron chi connectivity index (χ1n) is 13.0. The highest BCUT2D eigenvalue weighted by Gasteiger charge is 2.24. The second-order valence-corrected chi connectivity index (χ2v) is 9.62. The first kappa shape index (κ1) is 28.8. The van der Waals surface area contributed by atoms with Crippen molar-refractivity contribution in [2.45, 2.75) is 20.0 Å². The molecule has 4 rings (SSSR count). The zero-order valence-corrected chi connectivity index (χ0v) is 23.1. The van der Waals surface area contributed by atoms with Crippen molar-refractivity contribution in [3.8, 4) is 17.2 Å². The molecule has 1 aromatic heterocycles. The van der Waals surface area contributed by atoms with E-state index in [0.717, 1.165) is 43.7 Å². The number of halogens is 1. The Labute approximate surface area is 233 Å². The number of carbonyl (C=O) groups is 1. The predicted octanol–water partition coefficient (Wildman–Crippen LogP) is 4.60. The van der Waals surface area contributed by atoms with Crippen LogP contribution in [0.4, 0.5) is 32.3 Å². The Morgan fingerprint density at radius 3 is 2.58 bits per heavy atom. The number of aromatic nitrogens is 2. The Hall–Kier alpha value is -4.16. The van der Waals surface area contributed by atoms with Gasteiger partial charge >= 0.3 is 6.09 Å². The molecule has 1 amide bonds. The van der Waals surface area contributed by atoms with Crippen molar-refractivity contribution >= 4 is 29.2 Å². The van der Waals surface area contributed by atoms with E-state index in [0.29, 0.717) is 23.8 Å². The molecule has 214 valence electrons. The molecule has 11 nitrogen and oxygen atoms in total. The number of hydrogen-bond donors (Lipinski definition) is 2. The average Bonchev–Trinajstić information content (AvgIpc) is 2.91. The van der Waals surface area contributed by atoms with Crippen molar-refractivity contribution in [2.75, 3.05) is 63.7 Å². The highest BCUT2D eigenvalue weighted by molar-refractivity contribution is 5.95. The number of likely N-dealkylation sites (N-methyl/N-ethyl adjacent to an activating group) is 1. The summed E-state index contributed by atoms with van der Waals surface area (Å²) in [5.41, 5.74) is 0.750. The Kier molecular flexibility index (Phi) is 9.56. The van der Waals surface area contributed by atoms with Crippen molar-refractivity contribution < 1.29 is 28.5 Å². The molecular formula is C28H35FN6O5. The van der Waals surface area contributed by atoms with Gasteiger partial charge in [0.2, 0.25) is 5.95 Å². The van der Waals surface area contributed by atoms with Gasteiger partial charge in [0.15, 0.2) is 11.5 Å². The molecule has 0 aliphatic carbocycles. The lowest BCUT2D eigenvalue weighted by Crippen LogP contribution is -2.45. The van der Waals surface area contributed by atoms with E-state index < -0.39 is 11.9 Å². The molecule has 0 unspecified atom stereocenters. The molecule has 1 saturated heterocycles. The summed E-state index contributed by atoms with van der Waals surface area (Å²) in [4.78, 5) is 26.5. The molecule has 12 heteroatoms. The Bertz CT molecular complexity index is 1300. The molecular weight excluding hydrogens is 519 g/mol. The quantitative estimate of drug-likeness (QED) is 0.349. The topological polar surface area (TPSA) is 113 Å². The molecule has 40 heavy (non-hydrogen) atoms. The molecule has 0 atom stereocenters. The molecule has 1 fully saturated rings. The van der Waals surface area contributed by atoms with E-state index in [9.17, 15) is 14.3 Å². The lowest BCUT2D eigenvalue weighted by Gasteiger charge is -2.32. The number of amides is 1. The third-order valence-electron chi connectivity index (χ3n) is 6.27. The maximum atomic E-state index is 13.9. The summed E-state index contributed by atoms with van der Waals surface area (Å²) in [6, 6.07) is 10.4. The Morgan fingerprint density at radius 2 is 1.88 bits per heavy atom. The minimum absolute atomic E-state index is 0.0565. The zero-order valence-electron chi connectivity index (χ0n) is 23.1. The number of benzene rings is 2. The number of piperazine rings is 1. The van der Waals surface area contributed by atoms with Crippen LogP contribution in [0.15, 0.2) is 48.7 Å².